The van der Waals surface area contributed by atoms with Gasteiger partial charge in [0.15, 0.2) is 0 Å². The molecule has 1 N–H and O–H groups in total. The average Bonchev–Trinajstić information content (AvgIpc) is 2.90. The Balaban J connectivity index is 1.56. The van der Waals surface area contributed by atoms with Gasteiger partial charge in [0.25, 0.3) is 0 Å². The molecule has 2 rings (SSSR count). The summed E-state index contributed by atoms with van der Waals surface area (Å²) in [4.78, 5) is 8.07. The summed E-state index contributed by atoms with van der Waals surface area (Å²) in [5.74, 6) is 0.936. The summed E-state index contributed by atoms with van der Waals surface area (Å²) in [5.41, 5.74) is 1.91. The lowest BCUT2D eigenvalue weighted by Gasteiger charge is -2.30. The van der Waals surface area contributed by atoms with Crippen LogP contribution in [0.2, 0.25) is 0 Å². The summed E-state index contributed by atoms with van der Waals surface area (Å²) >= 11 is 1.73. The Labute approximate surface area is 115 Å². The summed E-state index contributed by atoms with van der Waals surface area (Å²) in [6.45, 7) is 9.53. The number of thiazole rings is 1. The summed E-state index contributed by atoms with van der Waals surface area (Å²) in [5, 5.41) is 3.58. The molecule has 1 fully saturated rings. The Morgan fingerprint density at radius 1 is 1.50 bits per heavy atom. The molecule has 1 saturated heterocycles. The van der Waals surface area contributed by atoms with E-state index in [0.29, 0.717) is 6.04 Å². The van der Waals surface area contributed by atoms with Crippen molar-refractivity contribution >= 4 is 11.3 Å². The molecule has 1 aromatic heterocycles. The highest BCUT2D eigenvalue weighted by atomic mass is 32.1. The van der Waals surface area contributed by atoms with Gasteiger partial charge in [-0.1, -0.05) is 6.92 Å². The van der Waals surface area contributed by atoms with Crippen LogP contribution in [-0.4, -0.2) is 36.1 Å². The Kier molecular flexibility index (Phi) is 5.60. The third kappa shape index (κ3) is 4.34. The van der Waals surface area contributed by atoms with E-state index in [1.54, 1.807) is 11.3 Å². The maximum Gasteiger partial charge on any atom is 0.0794 e. The lowest BCUT2D eigenvalue weighted by atomic mass is 9.99. The van der Waals surface area contributed by atoms with Gasteiger partial charge in [0.05, 0.1) is 5.51 Å². The summed E-state index contributed by atoms with van der Waals surface area (Å²) in [7, 11) is 0. The number of hydrogen-bond acceptors (Lipinski definition) is 4. The second-order valence-electron chi connectivity index (χ2n) is 5.46. The lowest BCUT2D eigenvalue weighted by molar-refractivity contribution is 0.190. The van der Waals surface area contributed by atoms with Crippen LogP contribution in [0.4, 0.5) is 0 Å². The largest absolute Gasteiger partial charge is 0.309 e. The van der Waals surface area contributed by atoms with E-state index < -0.39 is 0 Å². The van der Waals surface area contributed by atoms with Crippen LogP contribution in [-0.2, 0) is 0 Å². The van der Waals surface area contributed by atoms with Crippen LogP contribution < -0.4 is 5.32 Å². The van der Waals surface area contributed by atoms with E-state index in [0.717, 1.165) is 12.5 Å². The monoisotopic (exact) mass is 267 g/mol. The quantitative estimate of drug-likeness (QED) is 0.803. The van der Waals surface area contributed by atoms with Gasteiger partial charge in [-0.05, 0) is 58.3 Å². The molecule has 3 nitrogen and oxygen atoms in total. The summed E-state index contributed by atoms with van der Waals surface area (Å²) < 4.78 is 0. The predicted octanol–water partition coefficient (Wildman–Crippen LogP) is 2.92. The molecule has 1 atom stereocenters. The molecule has 102 valence electrons. The predicted molar refractivity (Wildman–Crippen MR) is 78.0 cm³/mol. The molecule has 0 saturated carbocycles. The van der Waals surface area contributed by atoms with Crippen LogP contribution >= 0.6 is 11.3 Å². The molecule has 0 radical (unpaired) electrons. The minimum Gasteiger partial charge on any atom is -0.309 e. The molecule has 0 aliphatic carbocycles. The van der Waals surface area contributed by atoms with Crippen molar-refractivity contribution in [3.05, 3.63) is 16.6 Å². The number of aromatic nitrogens is 1. The van der Waals surface area contributed by atoms with Crippen molar-refractivity contribution in [2.45, 2.75) is 39.2 Å². The fourth-order valence-electron chi connectivity index (χ4n) is 2.45. The van der Waals surface area contributed by atoms with Crippen molar-refractivity contribution in [2.75, 3.05) is 26.2 Å². The molecular weight excluding hydrogens is 242 g/mol. The highest BCUT2D eigenvalue weighted by Gasteiger charge is 2.14. The van der Waals surface area contributed by atoms with Crippen molar-refractivity contribution in [3.63, 3.8) is 0 Å². The van der Waals surface area contributed by atoms with Gasteiger partial charge in [-0.3, -0.25) is 4.98 Å². The molecule has 1 aliphatic heterocycles. The van der Waals surface area contributed by atoms with Gasteiger partial charge in [0, 0.05) is 17.1 Å². The number of rotatable bonds is 6. The van der Waals surface area contributed by atoms with Crippen molar-refractivity contribution in [3.8, 4) is 0 Å². The Hall–Kier alpha value is -0.450. The SMILES string of the molecule is CC1CCN(CCCNC(C)c2cncs2)CC1. The van der Waals surface area contributed by atoms with E-state index in [-0.39, 0.29) is 0 Å². The van der Waals surface area contributed by atoms with E-state index in [2.05, 4.69) is 29.0 Å². The van der Waals surface area contributed by atoms with Gasteiger partial charge < -0.3 is 10.2 Å². The molecule has 0 bridgehead atoms. The zero-order valence-corrected chi connectivity index (χ0v) is 12.4. The molecular formula is C14H25N3S. The highest BCUT2D eigenvalue weighted by Crippen LogP contribution is 2.17. The Morgan fingerprint density at radius 3 is 2.94 bits per heavy atom. The van der Waals surface area contributed by atoms with Crippen LogP contribution in [0.25, 0.3) is 0 Å². The smallest absolute Gasteiger partial charge is 0.0794 e. The second kappa shape index (κ2) is 7.22. The first kappa shape index (κ1) is 14.0. The lowest BCUT2D eigenvalue weighted by Crippen LogP contribution is -2.35. The van der Waals surface area contributed by atoms with Crippen LogP contribution in [0.1, 0.15) is 44.0 Å². The third-order valence-electron chi connectivity index (χ3n) is 3.86. The normalized spacial score (nSPS) is 20.1. The molecule has 1 aliphatic rings. The average molecular weight is 267 g/mol. The molecule has 2 heterocycles. The third-order valence-corrected chi connectivity index (χ3v) is 4.81. The van der Waals surface area contributed by atoms with Gasteiger partial charge in [-0.2, -0.15) is 0 Å². The van der Waals surface area contributed by atoms with E-state index in [1.807, 2.05) is 11.7 Å². The van der Waals surface area contributed by atoms with Gasteiger partial charge in [-0.25, -0.2) is 0 Å². The summed E-state index contributed by atoms with van der Waals surface area (Å²) in [6.07, 6.45) is 5.97. The Morgan fingerprint density at radius 2 is 2.28 bits per heavy atom. The standard InChI is InChI=1S/C14H25N3S/c1-12-4-8-17(9-5-12)7-3-6-16-13(2)14-10-15-11-18-14/h10-13,16H,3-9H2,1-2H3. The number of nitrogens with one attached hydrogen (secondary N) is 1. The zero-order valence-electron chi connectivity index (χ0n) is 11.6. The highest BCUT2D eigenvalue weighted by molar-refractivity contribution is 7.09. The maximum atomic E-state index is 4.12. The fraction of sp³-hybridized carbons (Fsp3) is 0.786. The van der Waals surface area contributed by atoms with Crippen molar-refractivity contribution in [2.24, 2.45) is 5.92 Å². The molecule has 4 heteroatoms. The molecule has 18 heavy (non-hydrogen) atoms. The molecule has 0 aromatic carbocycles. The second-order valence-corrected chi connectivity index (χ2v) is 6.38. The molecule has 0 amide bonds. The van der Waals surface area contributed by atoms with E-state index in [1.165, 1.54) is 43.8 Å². The fourth-order valence-corrected chi connectivity index (χ4v) is 3.10. The van der Waals surface area contributed by atoms with Gasteiger partial charge in [0.2, 0.25) is 0 Å². The molecule has 1 aromatic rings. The van der Waals surface area contributed by atoms with Crippen LogP contribution in [0.3, 0.4) is 0 Å². The minimum absolute atomic E-state index is 0.443. The molecule has 1 unspecified atom stereocenters. The number of piperidine rings is 1. The number of nitrogens with zero attached hydrogens (tertiary/aromatic N) is 2. The van der Waals surface area contributed by atoms with Crippen molar-refractivity contribution < 1.29 is 0 Å². The van der Waals surface area contributed by atoms with Crippen LogP contribution in [0.5, 0.6) is 0 Å². The van der Waals surface area contributed by atoms with Gasteiger partial charge >= 0.3 is 0 Å². The first-order valence-electron chi connectivity index (χ1n) is 7.10. The van der Waals surface area contributed by atoms with Gasteiger partial charge in [-0.15, -0.1) is 11.3 Å². The van der Waals surface area contributed by atoms with E-state index in [4.69, 9.17) is 0 Å². The molecule has 0 spiro atoms. The van der Waals surface area contributed by atoms with Gasteiger partial charge in [0.1, 0.15) is 0 Å². The van der Waals surface area contributed by atoms with Crippen molar-refractivity contribution in [1.82, 2.24) is 15.2 Å². The van der Waals surface area contributed by atoms with Crippen LogP contribution in [0, 0.1) is 5.92 Å². The number of hydrogen-bond donors (Lipinski definition) is 1. The van der Waals surface area contributed by atoms with E-state index in [9.17, 15) is 0 Å². The first-order valence-corrected chi connectivity index (χ1v) is 7.98. The Bertz CT molecular complexity index is 318. The number of likely N-dealkylation sites (tertiary alicyclic amines) is 1. The minimum atomic E-state index is 0.443. The topological polar surface area (TPSA) is 28.2 Å². The first-order chi connectivity index (χ1) is 8.75. The maximum absolute atomic E-state index is 4.12. The zero-order chi connectivity index (χ0) is 12.8. The van der Waals surface area contributed by atoms with Crippen molar-refractivity contribution in [1.29, 1.82) is 0 Å². The van der Waals surface area contributed by atoms with Crippen LogP contribution in [0.15, 0.2) is 11.7 Å². The van der Waals surface area contributed by atoms with E-state index >= 15 is 0 Å². The summed E-state index contributed by atoms with van der Waals surface area (Å²) in [6, 6.07) is 0.443.